The summed E-state index contributed by atoms with van der Waals surface area (Å²) in [4.78, 5) is 2.38. The smallest absolute Gasteiger partial charge is 0.0518 e. The van der Waals surface area contributed by atoms with Crippen LogP contribution in [0.25, 0.3) is 10.4 Å². The van der Waals surface area contributed by atoms with E-state index in [9.17, 15) is 0 Å². The van der Waals surface area contributed by atoms with Gasteiger partial charge in [0.15, 0.2) is 0 Å². The Labute approximate surface area is 136 Å². The molecule has 102 valence electrons. The molecule has 0 aliphatic heterocycles. The van der Waals surface area contributed by atoms with Crippen LogP contribution in [-0.4, -0.2) is 6.54 Å². The van der Waals surface area contributed by atoms with Crippen molar-refractivity contribution in [1.29, 1.82) is 0 Å². The summed E-state index contributed by atoms with van der Waals surface area (Å²) in [6.07, 6.45) is 0. The summed E-state index contributed by atoms with van der Waals surface area (Å²) in [5.41, 5.74) is 0.909. The van der Waals surface area contributed by atoms with Gasteiger partial charge in [0.25, 0.3) is 0 Å². The molecular formula is C14H14BrCl2NS. The maximum atomic E-state index is 6.30. The normalized spacial score (nSPS) is 12.7. The van der Waals surface area contributed by atoms with Crippen molar-refractivity contribution in [3.8, 4) is 10.4 Å². The van der Waals surface area contributed by atoms with Gasteiger partial charge in [0.1, 0.15) is 0 Å². The van der Waals surface area contributed by atoms with Crippen LogP contribution in [0.15, 0.2) is 28.7 Å². The fourth-order valence-corrected chi connectivity index (χ4v) is 4.54. The van der Waals surface area contributed by atoms with Crippen LogP contribution in [0.3, 0.4) is 0 Å². The second-order valence-corrected chi connectivity index (χ2v) is 7.07. The topological polar surface area (TPSA) is 12.0 Å². The van der Waals surface area contributed by atoms with Gasteiger partial charge >= 0.3 is 0 Å². The van der Waals surface area contributed by atoms with E-state index in [0.29, 0.717) is 16.1 Å². The average Bonchev–Trinajstić information content (AvgIpc) is 2.77. The number of halogens is 3. The van der Waals surface area contributed by atoms with Crippen LogP contribution >= 0.6 is 50.5 Å². The summed E-state index contributed by atoms with van der Waals surface area (Å²) < 4.78 is 0.893. The molecule has 1 aromatic carbocycles. The SMILES string of the molecule is CCNC(C)c1ccc(-c2c(Cl)cc(Br)cc2Cl)s1. The Kier molecular flexibility index (Phi) is 5.32. The van der Waals surface area contributed by atoms with Crippen LogP contribution in [0, 0.1) is 0 Å². The predicted molar refractivity (Wildman–Crippen MR) is 89.6 cm³/mol. The van der Waals surface area contributed by atoms with E-state index in [2.05, 4.69) is 47.2 Å². The summed E-state index contributed by atoms with van der Waals surface area (Å²) in [6.45, 7) is 5.21. The maximum Gasteiger partial charge on any atom is 0.0518 e. The van der Waals surface area contributed by atoms with Crippen LogP contribution in [0.4, 0.5) is 0 Å². The van der Waals surface area contributed by atoms with Crippen LogP contribution < -0.4 is 5.32 Å². The minimum Gasteiger partial charge on any atom is -0.310 e. The van der Waals surface area contributed by atoms with E-state index in [0.717, 1.165) is 21.5 Å². The highest BCUT2D eigenvalue weighted by Gasteiger charge is 2.14. The van der Waals surface area contributed by atoms with Crippen LogP contribution in [0.1, 0.15) is 24.8 Å². The first-order chi connectivity index (χ1) is 9.02. The molecule has 0 fully saturated rings. The molecule has 0 amide bonds. The number of thiophene rings is 1. The lowest BCUT2D eigenvalue weighted by Crippen LogP contribution is -2.16. The molecule has 19 heavy (non-hydrogen) atoms. The maximum absolute atomic E-state index is 6.30. The van der Waals surface area contributed by atoms with Crippen molar-refractivity contribution in [2.45, 2.75) is 19.9 Å². The summed E-state index contributed by atoms with van der Waals surface area (Å²) in [7, 11) is 0. The largest absolute Gasteiger partial charge is 0.310 e. The molecular weight excluding hydrogens is 365 g/mol. The van der Waals surface area contributed by atoms with Crippen molar-refractivity contribution in [1.82, 2.24) is 5.32 Å². The monoisotopic (exact) mass is 377 g/mol. The molecule has 0 spiro atoms. The molecule has 0 saturated heterocycles. The van der Waals surface area contributed by atoms with Crippen molar-refractivity contribution in [2.75, 3.05) is 6.54 Å². The van der Waals surface area contributed by atoms with Gasteiger partial charge in [-0.05, 0) is 37.7 Å². The van der Waals surface area contributed by atoms with Gasteiger partial charge in [-0.1, -0.05) is 46.1 Å². The molecule has 5 heteroatoms. The third kappa shape index (κ3) is 3.53. The Bertz CT molecular complexity index is 560. The van der Waals surface area contributed by atoms with E-state index >= 15 is 0 Å². The zero-order chi connectivity index (χ0) is 14.0. The highest BCUT2D eigenvalue weighted by molar-refractivity contribution is 9.10. The Morgan fingerprint density at radius 3 is 2.47 bits per heavy atom. The summed E-state index contributed by atoms with van der Waals surface area (Å²) in [5, 5.41) is 4.74. The fourth-order valence-electron chi connectivity index (χ4n) is 1.90. The third-order valence-electron chi connectivity index (χ3n) is 2.82. The Balaban J connectivity index is 2.38. The van der Waals surface area contributed by atoms with Gasteiger partial charge in [-0.3, -0.25) is 0 Å². The van der Waals surface area contributed by atoms with E-state index in [1.807, 2.05) is 12.1 Å². The predicted octanol–water partition coefficient (Wildman–Crippen LogP) is 6.15. The summed E-state index contributed by atoms with van der Waals surface area (Å²) >= 11 is 17.7. The van der Waals surface area contributed by atoms with Crippen molar-refractivity contribution in [3.05, 3.63) is 43.7 Å². The second-order valence-electron chi connectivity index (χ2n) is 4.23. The van der Waals surface area contributed by atoms with Gasteiger partial charge in [-0.25, -0.2) is 0 Å². The standard InChI is InChI=1S/C14H14BrCl2NS/c1-3-18-8(2)12-4-5-13(19-12)14-10(16)6-9(15)7-11(14)17/h4-8,18H,3H2,1-2H3. The van der Waals surface area contributed by atoms with Crippen LogP contribution in [0.5, 0.6) is 0 Å². The first-order valence-corrected chi connectivity index (χ1v) is 8.37. The van der Waals surface area contributed by atoms with E-state index < -0.39 is 0 Å². The quantitative estimate of drug-likeness (QED) is 0.672. The highest BCUT2D eigenvalue weighted by Crippen LogP contribution is 2.41. The molecule has 1 atom stereocenters. The van der Waals surface area contributed by atoms with Crippen LogP contribution in [-0.2, 0) is 0 Å². The number of hydrogen-bond acceptors (Lipinski definition) is 2. The third-order valence-corrected chi connectivity index (χ3v) is 5.16. The van der Waals surface area contributed by atoms with Gasteiger partial charge < -0.3 is 5.32 Å². The molecule has 2 aromatic rings. The lowest BCUT2D eigenvalue weighted by Gasteiger charge is -2.09. The zero-order valence-electron chi connectivity index (χ0n) is 10.6. The minimum atomic E-state index is 0.344. The van der Waals surface area contributed by atoms with Crippen molar-refractivity contribution in [3.63, 3.8) is 0 Å². The Hall–Kier alpha value is -0.0600. The number of nitrogens with one attached hydrogen (secondary N) is 1. The lowest BCUT2D eigenvalue weighted by molar-refractivity contribution is 0.607. The van der Waals surface area contributed by atoms with Gasteiger partial charge in [0.2, 0.25) is 0 Å². The number of benzene rings is 1. The van der Waals surface area contributed by atoms with Gasteiger partial charge in [0, 0.05) is 25.8 Å². The molecule has 0 aliphatic rings. The number of rotatable bonds is 4. The minimum absolute atomic E-state index is 0.344. The molecule has 1 nitrogen and oxygen atoms in total. The van der Waals surface area contributed by atoms with Gasteiger partial charge in [0.05, 0.1) is 10.0 Å². The van der Waals surface area contributed by atoms with E-state index in [1.165, 1.54) is 4.88 Å². The Morgan fingerprint density at radius 1 is 1.26 bits per heavy atom. The molecule has 1 aromatic heterocycles. The number of hydrogen-bond donors (Lipinski definition) is 1. The molecule has 0 radical (unpaired) electrons. The molecule has 0 saturated carbocycles. The van der Waals surface area contributed by atoms with Crippen molar-refractivity contribution >= 4 is 50.5 Å². The molecule has 1 unspecified atom stereocenters. The first-order valence-electron chi connectivity index (χ1n) is 6.01. The molecule has 2 rings (SSSR count). The highest BCUT2D eigenvalue weighted by atomic mass is 79.9. The summed E-state index contributed by atoms with van der Waals surface area (Å²) in [6, 6.07) is 8.29. The van der Waals surface area contributed by atoms with E-state index in [4.69, 9.17) is 23.2 Å². The molecule has 1 N–H and O–H groups in total. The van der Waals surface area contributed by atoms with Crippen molar-refractivity contribution in [2.24, 2.45) is 0 Å². The van der Waals surface area contributed by atoms with Gasteiger partial charge in [-0.2, -0.15) is 0 Å². The summed E-state index contributed by atoms with van der Waals surface area (Å²) in [5.74, 6) is 0. The lowest BCUT2D eigenvalue weighted by atomic mass is 10.2. The van der Waals surface area contributed by atoms with Gasteiger partial charge in [-0.15, -0.1) is 11.3 Å². The fraction of sp³-hybridized carbons (Fsp3) is 0.286. The first kappa shape index (κ1) is 15.3. The molecule has 0 bridgehead atoms. The molecule has 1 heterocycles. The van der Waals surface area contributed by atoms with Crippen molar-refractivity contribution < 1.29 is 0 Å². The average molecular weight is 379 g/mol. The Morgan fingerprint density at radius 2 is 1.89 bits per heavy atom. The van der Waals surface area contributed by atoms with E-state index in [-0.39, 0.29) is 0 Å². The second kappa shape index (κ2) is 6.59. The van der Waals surface area contributed by atoms with E-state index in [1.54, 1.807) is 11.3 Å². The zero-order valence-corrected chi connectivity index (χ0v) is 14.6. The molecule has 0 aliphatic carbocycles. The van der Waals surface area contributed by atoms with Crippen LogP contribution in [0.2, 0.25) is 10.0 Å².